The standard InChI is InChI=1S/C12H14N4O3S/c1-20(18,19)7-9-2-4-10(5-3-9)12(17)13-6-11-14-8-15-16-11/h2-5,8H,6-7H2,1H3,(H,13,17)(H,14,15,16). The fraction of sp³-hybridized carbons (Fsp3) is 0.250. The second kappa shape index (κ2) is 5.83. The van der Waals surface area contributed by atoms with E-state index < -0.39 is 9.84 Å². The number of amides is 1. The fourth-order valence-electron chi connectivity index (χ4n) is 1.64. The summed E-state index contributed by atoms with van der Waals surface area (Å²) in [5, 5.41) is 8.99. The van der Waals surface area contributed by atoms with Gasteiger partial charge in [0.25, 0.3) is 5.91 Å². The van der Waals surface area contributed by atoms with E-state index in [0.717, 1.165) is 0 Å². The Morgan fingerprint density at radius 2 is 2.00 bits per heavy atom. The lowest BCUT2D eigenvalue weighted by Crippen LogP contribution is -2.23. The first kappa shape index (κ1) is 14.2. The topological polar surface area (TPSA) is 105 Å². The van der Waals surface area contributed by atoms with Gasteiger partial charge in [0.05, 0.1) is 12.3 Å². The number of carbonyl (C=O) groups is 1. The molecule has 0 atom stereocenters. The quantitative estimate of drug-likeness (QED) is 0.824. The SMILES string of the molecule is CS(=O)(=O)Cc1ccc(C(=O)NCc2ncn[nH]2)cc1. The number of sulfone groups is 1. The number of carbonyl (C=O) groups excluding carboxylic acids is 1. The maximum Gasteiger partial charge on any atom is 0.251 e. The summed E-state index contributed by atoms with van der Waals surface area (Å²) in [5.41, 5.74) is 1.11. The highest BCUT2D eigenvalue weighted by molar-refractivity contribution is 7.89. The predicted molar refractivity (Wildman–Crippen MR) is 72.5 cm³/mol. The van der Waals surface area contributed by atoms with E-state index in [1.165, 1.54) is 12.6 Å². The van der Waals surface area contributed by atoms with E-state index >= 15 is 0 Å². The average Bonchev–Trinajstić information content (AvgIpc) is 2.88. The van der Waals surface area contributed by atoms with Crippen LogP contribution in [-0.4, -0.2) is 35.8 Å². The number of nitrogens with one attached hydrogen (secondary N) is 2. The highest BCUT2D eigenvalue weighted by Crippen LogP contribution is 2.08. The van der Waals surface area contributed by atoms with E-state index in [0.29, 0.717) is 17.0 Å². The molecule has 0 aliphatic carbocycles. The van der Waals surface area contributed by atoms with E-state index in [2.05, 4.69) is 20.5 Å². The first-order chi connectivity index (χ1) is 9.44. The molecule has 1 heterocycles. The molecule has 0 aliphatic rings. The van der Waals surface area contributed by atoms with Gasteiger partial charge >= 0.3 is 0 Å². The third-order valence-electron chi connectivity index (χ3n) is 2.53. The lowest BCUT2D eigenvalue weighted by atomic mass is 10.1. The highest BCUT2D eigenvalue weighted by Gasteiger charge is 2.08. The number of aromatic amines is 1. The van der Waals surface area contributed by atoms with Crippen LogP contribution < -0.4 is 5.32 Å². The number of hydrogen-bond donors (Lipinski definition) is 2. The molecule has 106 valence electrons. The Hall–Kier alpha value is -2.22. The van der Waals surface area contributed by atoms with Crippen LogP contribution in [0.4, 0.5) is 0 Å². The van der Waals surface area contributed by atoms with Gasteiger partial charge in [-0.1, -0.05) is 12.1 Å². The molecule has 0 spiro atoms. The fourth-order valence-corrected chi connectivity index (χ4v) is 2.44. The zero-order valence-electron chi connectivity index (χ0n) is 10.8. The molecule has 0 fully saturated rings. The van der Waals surface area contributed by atoms with E-state index in [4.69, 9.17) is 0 Å². The average molecular weight is 294 g/mol. The van der Waals surface area contributed by atoms with Crippen LogP contribution in [0.5, 0.6) is 0 Å². The summed E-state index contributed by atoms with van der Waals surface area (Å²) in [4.78, 5) is 15.7. The molecule has 0 saturated heterocycles. The van der Waals surface area contributed by atoms with Crippen molar-refractivity contribution in [3.8, 4) is 0 Å². The van der Waals surface area contributed by atoms with Crippen molar-refractivity contribution in [1.82, 2.24) is 20.5 Å². The molecule has 8 heteroatoms. The molecule has 2 rings (SSSR count). The van der Waals surface area contributed by atoms with Crippen LogP contribution in [0, 0.1) is 0 Å². The third-order valence-corrected chi connectivity index (χ3v) is 3.38. The maximum atomic E-state index is 11.8. The van der Waals surface area contributed by atoms with Gasteiger partial charge in [-0.25, -0.2) is 13.4 Å². The normalized spacial score (nSPS) is 11.2. The van der Waals surface area contributed by atoms with Gasteiger partial charge < -0.3 is 5.32 Å². The number of aromatic nitrogens is 3. The molecule has 0 aliphatic heterocycles. The molecule has 1 aromatic carbocycles. The number of nitrogens with zero attached hydrogens (tertiary/aromatic N) is 2. The molecule has 0 radical (unpaired) electrons. The summed E-state index contributed by atoms with van der Waals surface area (Å²) in [6.07, 6.45) is 2.53. The minimum atomic E-state index is -3.07. The first-order valence-electron chi connectivity index (χ1n) is 5.83. The highest BCUT2D eigenvalue weighted by atomic mass is 32.2. The van der Waals surface area contributed by atoms with Crippen molar-refractivity contribution < 1.29 is 13.2 Å². The van der Waals surface area contributed by atoms with Crippen molar-refractivity contribution in [1.29, 1.82) is 0 Å². The number of hydrogen-bond acceptors (Lipinski definition) is 5. The summed E-state index contributed by atoms with van der Waals surface area (Å²) in [7, 11) is -3.07. The molecular formula is C12H14N4O3S. The van der Waals surface area contributed by atoms with Crippen LogP contribution >= 0.6 is 0 Å². The predicted octanol–water partition coefficient (Wildman–Crippen LogP) is 0.279. The van der Waals surface area contributed by atoms with Crippen molar-refractivity contribution in [2.75, 3.05) is 6.26 Å². The second-order valence-electron chi connectivity index (χ2n) is 4.38. The van der Waals surface area contributed by atoms with Crippen molar-refractivity contribution in [2.45, 2.75) is 12.3 Å². The van der Waals surface area contributed by atoms with Gasteiger partial charge in [0.2, 0.25) is 0 Å². The van der Waals surface area contributed by atoms with Crippen LogP contribution in [0.2, 0.25) is 0 Å². The third kappa shape index (κ3) is 4.16. The lowest BCUT2D eigenvalue weighted by molar-refractivity contribution is 0.0950. The maximum absolute atomic E-state index is 11.8. The van der Waals surface area contributed by atoms with Crippen molar-refractivity contribution in [3.05, 3.63) is 47.5 Å². The molecule has 20 heavy (non-hydrogen) atoms. The lowest BCUT2D eigenvalue weighted by Gasteiger charge is -2.04. The van der Waals surface area contributed by atoms with E-state index in [1.54, 1.807) is 24.3 Å². The van der Waals surface area contributed by atoms with Crippen LogP contribution in [0.15, 0.2) is 30.6 Å². The molecule has 0 unspecified atom stereocenters. The molecule has 0 saturated carbocycles. The van der Waals surface area contributed by atoms with E-state index in [-0.39, 0.29) is 18.2 Å². The Labute approximate surface area is 116 Å². The van der Waals surface area contributed by atoms with E-state index in [1.807, 2.05) is 0 Å². The Morgan fingerprint density at radius 3 is 2.55 bits per heavy atom. The zero-order valence-corrected chi connectivity index (χ0v) is 11.6. The van der Waals surface area contributed by atoms with Crippen molar-refractivity contribution in [3.63, 3.8) is 0 Å². The minimum Gasteiger partial charge on any atom is -0.345 e. The molecule has 0 bridgehead atoms. The molecule has 2 N–H and O–H groups in total. The summed E-state index contributed by atoms with van der Waals surface area (Å²) in [5.74, 6) is 0.270. The van der Waals surface area contributed by atoms with Gasteiger partial charge in [-0.2, -0.15) is 5.10 Å². The van der Waals surface area contributed by atoms with Gasteiger partial charge in [0, 0.05) is 11.8 Å². The summed E-state index contributed by atoms with van der Waals surface area (Å²) in [6, 6.07) is 6.45. The monoisotopic (exact) mass is 294 g/mol. The molecule has 2 aromatic rings. The van der Waals surface area contributed by atoms with Gasteiger partial charge in [-0.05, 0) is 17.7 Å². The van der Waals surface area contributed by atoms with Gasteiger partial charge in [-0.15, -0.1) is 0 Å². The van der Waals surface area contributed by atoms with Gasteiger partial charge in [-0.3, -0.25) is 9.89 Å². The summed E-state index contributed by atoms with van der Waals surface area (Å²) < 4.78 is 22.3. The largest absolute Gasteiger partial charge is 0.345 e. The molecule has 1 aromatic heterocycles. The van der Waals surface area contributed by atoms with Crippen molar-refractivity contribution in [2.24, 2.45) is 0 Å². The summed E-state index contributed by atoms with van der Waals surface area (Å²) >= 11 is 0. The van der Waals surface area contributed by atoms with Crippen LogP contribution in [0.25, 0.3) is 0 Å². The second-order valence-corrected chi connectivity index (χ2v) is 6.52. The number of rotatable bonds is 5. The van der Waals surface area contributed by atoms with Crippen LogP contribution in [-0.2, 0) is 22.1 Å². The smallest absolute Gasteiger partial charge is 0.251 e. The minimum absolute atomic E-state index is 0.0348. The van der Waals surface area contributed by atoms with Crippen LogP contribution in [0.1, 0.15) is 21.7 Å². The first-order valence-corrected chi connectivity index (χ1v) is 7.89. The zero-order chi connectivity index (χ0) is 14.6. The van der Waals surface area contributed by atoms with Crippen LogP contribution in [0.3, 0.4) is 0 Å². The summed E-state index contributed by atoms with van der Waals surface area (Å²) in [6.45, 7) is 0.254. The van der Waals surface area contributed by atoms with E-state index in [9.17, 15) is 13.2 Å². The Morgan fingerprint density at radius 1 is 1.30 bits per heavy atom. The Kier molecular flexibility index (Phi) is 4.14. The number of benzene rings is 1. The Bertz CT molecular complexity index is 678. The van der Waals surface area contributed by atoms with Crippen molar-refractivity contribution >= 4 is 15.7 Å². The van der Waals surface area contributed by atoms with Gasteiger partial charge in [0.1, 0.15) is 12.2 Å². The molecular weight excluding hydrogens is 280 g/mol. The number of H-pyrrole nitrogens is 1. The molecule has 7 nitrogen and oxygen atoms in total. The van der Waals surface area contributed by atoms with Gasteiger partial charge in [0.15, 0.2) is 9.84 Å². The molecule has 1 amide bonds. The Balaban J connectivity index is 1.97.